The summed E-state index contributed by atoms with van der Waals surface area (Å²) in [6.07, 6.45) is -0.0668. The number of amidine groups is 1. The van der Waals surface area contributed by atoms with Gasteiger partial charge in [-0.1, -0.05) is 11.8 Å². The summed E-state index contributed by atoms with van der Waals surface area (Å²) in [5.74, 6) is -0.626. The third kappa shape index (κ3) is 3.27. The van der Waals surface area contributed by atoms with Gasteiger partial charge in [0.25, 0.3) is 0 Å². The highest BCUT2D eigenvalue weighted by atomic mass is 32.2. The average Bonchev–Trinajstić information content (AvgIpc) is 2.38. The van der Waals surface area contributed by atoms with Crippen LogP contribution in [0.1, 0.15) is 11.1 Å². The largest absolute Gasteiger partial charge is 0.417 e. The molecule has 0 spiro atoms. The Balaban J connectivity index is 2.38. The minimum atomic E-state index is -4.54. The second-order valence-corrected chi connectivity index (χ2v) is 4.86. The molecule has 0 saturated heterocycles. The van der Waals surface area contributed by atoms with Gasteiger partial charge in [-0.3, -0.25) is 10.4 Å². The molecule has 2 aromatic rings. The van der Waals surface area contributed by atoms with E-state index in [-0.39, 0.29) is 5.56 Å². The highest BCUT2D eigenvalue weighted by molar-refractivity contribution is 7.99. The Kier molecular flexibility index (Phi) is 3.93. The third-order valence-electron chi connectivity index (χ3n) is 2.35. The predicted molar refractivity (Wildman–Crippen MR) is 68.6 cm³/mol. The summed E-state index contributed by atoms with van der Waals surface area (Å²) >= 11 is 1.15. The van der Waals surface area contributed by atoms with Crippen LogP contribution in [0, 0.1) is 5.41 Å². The molecule has 1 aromatic carbocycles. The summed E-state index contributed by atoms with van der Waals surface area (Å²) in [5.41, 5.74) is 3.96. The molecule has 1 heterocycles. The SMILES string of the molecule is N=C(N)c1cc(Sc2cnccn2)ccc1C(F)(F)F. The van der Waals surface area contributed by atoms with Gasteiger partial charge in [0, 0.05) is 22.9 Å². The van der Waals surface area contributed by atoms with Crippen molar-refractivity contribution in [2.75, 3.05) is 0 Å². The lowest BCUT2D eigenvalue weighted by molar-refractivity contribution is -0.137. The first-order valence-electron chi connectivity index (χ1n) is 5.37. The Morgan fingerprint density at radius 3 is 2.55 bits per heavy atom. The number of benzene rings is 1. The molecule has 2 rings (SSSR count). The van der Waals surface area contributed by atoms with Gasteiger partial charge in [0.1, 0.15) is 10.9 Å². The molecule has 1 aromatic heterocycles. The molecule has 0 bridgehead atoms. The van der Waals surface area contributed by atoms with E-state index >= 15 is 0 Å². The van der Waals surface area contributed by atoms with Crippen molar-refractivity contribution in [3.05, 3.63) is 47.9 Å². The van der Waals surface area contributed by atoms with Gasteiger partial charge in [0.2, 0.25) is 0 Å². The lowest BCUT2D eigenvalue weighted by Gasteiger charge is -2.13. The van der Waals surface area contributed by atoms with E-state index in [1.807, 2.05) is 0 Å². The zero-order valence-corrected chi connectivity index (χ0v) is 10.8. The molecule has 0 saturated carbocycles. The van der Waals surface area contributed by atoms with Gasteiger partial charge < -0.3 is 5.73 Å². The minimum Gasteiger partial charge on any atom is -0.384 e. The molecule has 20 heavy (non-hydrogen) atoms. The van der Waals surface area contributed by atoms with E-state index in [2.05, 4.69) is 9.97 Å². The highest BCUT2D eigenvalue weighted by Gasteiger charge is 2.34. The molecule has 8 heteroatoms. The third-order valence-corrected chi connectivity index (χ3v) is 3.26. The number of nitrogens with zero attached hydrogens (tertiary/aromatic N) is 2. The summed E-state index contributed by atoms with van der Waals surface area (Å²) in [5, 5.41) is 7.82. The Labute approximate surface area is 116 Å². The van der Waals surface area contributed by atoms with Gasteiger partial charge in [-0.05, 0) is 18.2 Å². The molecule has 0 unspecified atom stereocenters. The van der Waals surface area contributed by atoms with Crippen molar-refractivity contribution in [3.8, 4) is 0 Å². The van der Waals surface area contributed by atoms with Crippen LogP contribution >= 0.6 is 11.8 Å². The molecule has 4 nitrogen and oxygen atoms in total. The van der Waals surface area contributed by atoms with Gasteiger partial charge >= 0.3 is 6.18 Å². The van der Waals surface area contributed by atoms with Gasteiger partial charge in [0.05, 0.1) is 11.8 Å². The lowest BCUT2D eigenvalue weighted by Crippen LogP contribution is -2.18. The zero-order valence-electron chi connectivity index (χ0n) is 9.98. The van der Waals surface area contributed by atoms with Crippen molar-refractivity contribution in [1.29, 1.82) is 5.41 Å². The van der Waals surface area contributed by atoms with E-state index < -0.39 is 17.6 Å². The van der Waals surface area contributed by atoms with Crippen LogP contribution in [-0.4, -0.2) is 15.8 Å². The summed E-state index contributed by atoms with van der Waals surface area (Å²) in [4.78, 5) is 8.38. The van der Waals surface area contributed by atoms with E-state index in [1.165, 1.54) is 30.7 Å². The van der Waals surface area contributed by atoms with Crippen molar-refractivity contribution >= 4 is 17.6 Å². The van der Waals surface area contributed by atoms with Gasteiger partial charge in [-0.2, -0.15) is 13.2 Å². The number of alkyl halides is 3. The van der Waals surface area contributed by atoms with Crippen LogP contribution in [0.4, 0.5) is 13.2 Å². The quantitative estimate of drug-likeness (QED) is 0.675. The molecular weight excluding hydrogens is 289 g/mol. The molecule has 0 radical (unpaired) electrons. The van der Waals surface area contributed by atoms with Crippen LogP contribution in [-0.2, 0) is 6.18 Å². The monoisotopic (exact) mass is 298 g/mol. The molecule has 0 atom stereocenters. The maximum atomic E-state index is 12.8. The highest BCUT2D eigenvalue weighted by Crippen LogP contribution is 2.35. The van der Waals surface area contributed by atoms with Crippen LogP contribution in [0.2, 0.25) is 0 Å². The van der Waals surface area contributed by atoms with Crippen LogP contribution in [0.15, 0.2) is 46.7 Å². The number of hydrogen-bond acceptors (Lipinski definition) is 4. The summed E-state index contributed by atoms with van der Waals surface area (Å²) in [6, 6.07) is 3.45. The minimum absolute atomic E-state index is 0.341. The second kappa shape index (κ2) is 5.49. The molecule has 0 amide bonds. The maximum absolute atomic E-state index is 12.8. The lowest BCUT2D eigenvalue weighted by atomic mass is 10.1. The second-order valence-electron chi connectivity index (χ2n) is 3.76. The van der Waals surface area contributed by atoms with Crippen molar-refractivity contribution < 1.29 is 13.2 Å². The molecular formula is C12H9F3N4S. The number of nitrogens with two attached hydrogens (primary N) is 1. The van der Waals surface area contributed by atoms with Crippen LogP contribution < -0.4 is 5.73 Å². The van der Waals surface area contributed by atoms with E-state index in [9.17, 15) is 13.2 Å². The van der Waals surface area contributed by atoms with Crippen molar-refractivity contribution in [1.82, 2.24) is 9.97 Å². The van der Waals surface area contributed by atoms with Crippen molar-refractivity contribution in [2.24, 2.45) is 5.73 Å². The fourth-order valence-corrected chi connectivity index (χ4v) is 2.30. The van der Waals surface area contributed by atoms with Crippen LogP contribution in [0.5, 0.6) is 0 Å². The fraction of sp³-hybridized carbons (Fsp3) is 0.0833. The van der Waals surface area contributed by atoms with Gasteiger partial charge in [0.15, 0.2) is 0 Å². The molecule has 3 N–H and O–H groups in total. The molecule has 0 aliphatic carbocycles. The fourth-order valence-electron chi connectivity index (χ4n) is 1.52. The van der Waals surface area contributed by atoms with E-state index in [4.69, 9.17) is 11.1 Å². The van der Waals surface area contributed by atoms with E-state index in [1.54, 1.807) is 0 Å². The topological polar surface area (TPSA) is 75.7 Å². The number of nitrogen functional groups attached to an aromatic ring is 1. The summed E-state index contributed by atoms with van der Waals surface area (Å²) in [6.45, 7) is 0. The molecule has 104 valence electrons. The first kappa shape index (κ1) is 14.3. The summed E-state index contributed by atoms with van der Waals surface area (Å²) in [7, 11) is 0. The first-order chi connectivity index (χ1) is 9.38. The Morgan fingerprint density at radius 2 is 2.00 bits per heavy atom. The number of rotatable bonds is 3. The van der Waals surface area contributed by atoms with Crippen LogP contribution in [0.25, 0.3) is 0 Å². The predicted octanol–water partition coefficient (Wildman–Crippen LogP) is 2.93. The van der Waals surface area contributed by atoms with Crippen LogP contribution in [0.3, 0.4) is 0 Å². The van der Waals surface area contributed by atoms with Gasteiger partial charge in [-0.25, -0.2) is 4.98 Å². The Bertz CT molecular complexity index is 628. The standard InChI is InChI=1S/C12H9F3N4S/c13-12(14,15)9-2-1-7(5-8(9)11(16)17)20-10-6-18-3-4-19-10/h1-6H,(H3,16,17). The summed E-state index contributed by atoms with van der Waals surface area (Å²) < 4.78 is 38.4. The van der Waals surface area contributed by atoms with E-state index in [0.717, 1.165) is 17.8 Å². The normalized spacial score (nSPS) is 11.3. The number of halogens is 3. The molecule has 0 aliphatic heterocycles. The maximum Gasteiger partial charge on any atom is 0.417 e. The molecule has 0 aliphatic rings. The average molecular weight is 298 g/mol. The zero-order chi connectivity index (χ0) is 14.8. The van der Waals surface area contributed by atoms with Crippen molar-refractivity contribution in [3.63, 3.8) is 0 Å². The van der Waals surface area contributed by atoms with Gasteiger partial charge in [-0.15, -0.1) is 0 Å². The number of hydrogen-bond donors (Lipinski definition) is 2. The Hall–Kier alpha value is -2.09. The first-order valence-corrected chi connectivity index (χ1v) is 6.19. The molecule has 0 fully saturated rings. The Morgan fingerprint density at radius 1 is 1.25 bits per heavy atom. The number of aromatic nitrogens is 2. The smallest absolute Gasteiger partial charge is 0.384 e. The van der Waals surface area contributed by atoms with Crippen molar-refractivity contribution in [2.45, 2.75) is 16.1 Å². The van der Waals surface area contributed by atoms with E-state index in [0.29, 0.717) is 9.92 Å². The number of nitrogens with one attached hydrogen (secondary N) is 1.